The lowest BCUT2D eigenvalue weighted by molar-refractivity contribution is 0.603. The predicted molar refractivity (Wildman–Crippen MR) is 107 cm³/mol. The first-order valence-corrected chi connectivity index (χ1v) is 10.6. The van der Waals surface area contributed by atoms with E-state index in [-0.39, 0.29) is 0 Å². The largest absolute Gasteiger partial charge is 0.380 e. The highest BCUT2D eigenvalue weighted by molar-refractivity contribution is 7.94. The first-order valence-electron chi connectivity index (χ1n) is 8.33. The molecule has 0 atom stereocenters. The number of benzene rings is 1. The fraction of sp³-hybridized carbons (Fsp3) is 0.211. The van der Waals surface area contributed by atoms with Gasteiger partial charge in [-0.15, -0.1) is 11.3 Å². The van der Waals surface area contributed by atoms with Gasteiger partial charge < -0.3 is 5.32 Å². The zero-order chi connectivity index (χ0) is 18.6. The molecule has 136 valence electrons. The van der Waals surface area contributed by atoms with Crippen LogP contribution in [0.25, 0.3) is 0 Å². The van der Waals surface area contributed by atoms with E-state index in [0.717, 1.165) is 17.0 Å². The van der Waals surface area contributed by atoms with Crippen molar-refractivity contribution in [2.75, 3.05) is 10.0 Å². The quantitative estimate of drug-likeness (QED) is 0.629. The van der Waals surface area contributed by atoms with Crippen molar-refractivity contribution in [1.82, 2.24) is 4.98 Å². The summed E-state index contributed by atoms with van der Waals surface area (Å²) in [7, 11) is -3.59. The first-order chi connectivity index (χ1) is 12.5. The molecule has 0 saturated heterocycles. The monoisotopic (exact) mass is 387 g/mol. The van der Waals surface area contributed by atoms with Crippen LogP contribution < -0.4 is 10.0 Å². The van der Waals surface area contributed by atoms with Gasteiger partial charge in [-0.05, 0) is 43.2 Å². The van der Waals surface area contributed by atoms with Crippen molar-refractivity contribution in [3.05, 3.63) is 70.7 Å². The van der Waals surface area contributed by atoms with Crippen molar-refractivity contribution in [3.63, 3.8) is 0 Å². The number of nitrogens with one attached hydrogen (secondary N) is 2. The summed E-state index contributed by atoms with van der Waals surface area (Å²) in [6, 6.07) is 15.2. The van der Waals surface area contributed by atoms with Crippen LogP contribution in [0.1, 0.15) is 22.9 Å². The molecule has 0 fully saturated rings. The maximum atomic E-state index is 12.4. The topological polar surface area (TPSA) is 71.1 Å². The summed E-state index contributed by atoms with van der Waals surface area (Å²) < 4.78 is 27.6. The van der Waals surface area contributed by atoms with E-state index in [0.29, 0.717) is 16.6 Å². The molecule has 0 radical (unpaired) electrons. The summed E-state index contributed by atoms with van der Waals surface area (Å²) >= 11 is 1.28. The van der Waals surface area contributed by atoms with E-state index < -0.39 is 10.0 Å². The number of thiophene rings is 1. The third-order valence-electron chi connectivity index (χ3n) is 3.87. The van der Waals surface area contributed by atoms with Gasteiger partial charge in [-0.3, -0.25) is 4.72 Å². The summed E-state index contributed by atoms with van der Waals surface area (Å²) in [5.41, 5.74) is 3.23. The minimum Gasteiger partial charge on any atom is -0.380 e. The number of hydrogen-bond donors (Lipinski definition) is 2. The van der Waals surface area contributed by atoms with Crippen molar-refractivity contribution in [2.24, 2.45) is 0 Å². The molecule has 1 aromatic carbocycles. The molecule has 0 spiro atoms. The van der Waals surface area contributed by atoms with Crippen LogP contribution in [0.3, 0.4) is 0 Å². The van der Waals surface area contributed by atoms with Gasteiger partial charge in [0.05, 0.1) is 11.9 Å². The standard InChI is InChI=1S/C19H21N3O2S2/c1-3-17-9-11-19(25-17)26(23,24)22-18-10-8-16(13-21-18)20-12-15-6-4-14(2)5-7-15/h4-11,13,20H,3,12H2,1-2H3,(H,21,22). The van der Waals surface area contributed by atoms with Gasteiger partial charge in [0, 0.05) is 11.4 Å². The molecule has 3 rings (SSSR count). The Kier molecular flexibility index (Phi) is 5.58. The molecule has 26 heavy (non-hydrogen) atoms. The van der Waals surface area contributed by atoms with Gasteiger partial charge in [0.2, 0.25) is 0 Å². The van der Waals surface area contributed by atoms with Crippen LogP contribution in [-0.2, 0) is 23.0 Å². The van der Waals surface area contributed by atoms with Crippen molar-refractivity contribution >= 4 is 32.9 Å². The number of sulfonamides is 1. The Hall–Kier alpha value is -2.38. The Morgan fingerprint density at radius 1 is 1.04 bits per heavy atom. The Bertz CT molecular complexity index is 963. The number of aryl methyl sites for hydroxylation is 2. The highest BCUT2D eigenvalue weighted by atomic mass is 32.2. The van der Waals surface area contributed by atoms with Crippen LogP contribution in [0.4, 0.5) is 11.5 Å². The minimum absolute atomic E-state index is 0.303. The number of rotatable bonds is 7. The van der Waals surface area contributed by atoms with E-state index in [1.807, 2.05) is 19.1 Å². The highest BCUT2D eigenvalue weighted by Gasteiger charge is 2.17. The molecule has 0 amide bonds. The van der Waals surface area contributed by atoms with Crippen molar-refractivity contribution in [2.45, 2.75) is 31.0 Å². The molecule has 2 heterocycles. The first kappa shape index (κ1) is 18.4. The van der Waals surface area contributed by atoms with Gasteiger partial charge in [0.25, 0.3) is 10.0 Å². The Morgan fingerprint density at radius 3 is 2.42 bits per heavy atom. The van der Waals surface area contributed by atoms with E-state index in [4.69, 9.17) is 0 Å². The second kappa shape index (κ2) is 7.88. The lowest BCUT2D eigenvalue weighted by Crippen LogP contribution is -2.12. The van der Waals surface area contributed by atoms with E-state index in [2.05, 4.69) is 46.2 Å². The molecular weight excluding hydrogens is 366 g/mol. The van der Waals surface area contributed by atoms with Gasteiger partial charge in [0.1, 0.15) is 10.0 Å². The second-order valence-corrected chi connectivity index (χ2v) is 9.03. The molecule has 0 unspecified atom stereocenters. The fourth-order valence-electron chi connectivity index (χ4n) is 2.35. The summed E-state index contributed by atoms with van der Waals surface area (Å²) in [4.78, 5) is 5.23. The maximum absolute atomic E-state index is 12.4. The van der Waals surface area contributed by atoms with Crippen LogP contribution in [0, 0.1) is 6.92 Å². The number of anilines is 2. The SMILES string of the molecule is CCc1ccc(S(=O)(=O)Nc2ccc(NCc3ccc(C)cc3)cn2)s1. The summed E-state index contributed by atoms with van der Waals surface area (Å²) in [5, 5.41) is 3.28. The molecule has 5 nitrogen and oxygen atoms in total. The molecule has 0 aliphatic heterocycles. The van der Waals surface area contributed by atoms with E-state index in [1.54, 1.807) is 18.3 Å². The Labute approximate surface area is 158 Å². The fourth-order valence-corrected chi connectivity index (χ4v) is 4.65. The molecule has 2 N–H and O–H groups in total. The van der Waals surface area contributed by atoms with Crippen molar-refractivity contribution in [3.8, 4) is 0 Å². The molecule has 2 aromatic heterocycles. The van der Waals surface area contributed by atoms with E-state index >= 15 is 0 Å². The van der Waals surface area contributed by atoms with Crippen molar-refractivity contribution < 1.29 is 8.42 Å². The number of pyridine rings is 1. The highest BCUT2D eigenvalue weighted by Crippen LogP contribution is 2.24. The zero-order valence-corrected chi connectivity index (χ0v) is 16.3. The van der Waals surface area contributed by atoms with E-state index in [9.17, 15) is 8.42 Å². The predicted octanol–water partition coefficient (Wildman–Crippen LogP) is 4.43. The summed E-state index contributed by atoms with van der Waals surface area (Å²) in [5.74, 6) is 0.303. The molecule has 0 saturated carbocycles. The number of hydrogen-bond acceptors (Lipinski definition) is 5. The normalized spacial score (nSPS) is 11.3. The summed E-state index contributed by atoms with van der Waals surface area (Å²) in [6.45, 7) is 4.74. The van der Waals surface area contributed by atoms with Gasteiger partial charge in [-0.25, -0.2) is 13.4 Å². The maximum Gasteiger partial charge on any atom is 0.272 e. The van der Waals surface area contributed by atoms with Gasteiger partial charge in [-0.1, -0.05) is 36.8 Å². The smallest absolute Gasteiger partial charge is 0.272 e. The average molecular weight is 388 g/mol. The third-order valence-corrected chi connectivity index (χ3v) is 6.95. The molecule has 0 aliphatic carbocycles. The zero-order valence-electron chi connectivity index (χ0n) is 14.7. The lowest BCUT2D eigenvalue weighted by atomic mass is 10.1. The minimum atomic E-state index is -3.59. The molecule has 7 heteroatoms. The second-order valence-electron chi connectivity index (χ2n) is 5.95. The molecular formula is C19H21N3O2S2. The van der Waals surface area contributed by atoms with Gasteiger partial charge >= 0.3 is 0 Å². The molecule has 0 bridgehead atoms. The van der Waals surface area contributed by atoms with Crippen LogP contribution in [0.5, 0.6) is 0 Å². The lowest BCUT2D eigenvalue weighted by Gasteiger charge is -2.09. The Balaban J connectivity index is 1.62. The van der Waals surface area contributed by atoms with Crippen LogP contribution in [0.2, 0.25) is 0 Å². The van der Waals surface area contributed by atoms with Crippen LogP contribution in [0.15, 0.2) is 58.9 Å². The molecule has 3 aromatic rings. The van der Waals surface area contributed by atoms with Crippen LogP contribution in [-0.4, -0.2) is 13.4 Å². The molecule has 0 aliphatic rings. The van der Waals surface area contributed by atoms with Crippen molar-refractivity contribution in [1.29, 1.82) is 0 Å². The number of aromatic nitrogens is 1. The Morgan fingerprint density at radius 2 is 1.81 bits per heavy atom. The summed E-state index contributed by atoms with van der Waals surface area (Å²) in [6.07, 6.45) is 2.44. The van der Waals surface area contributed by atoms with Crippen LogP contribution >= 0.6 is 11.3 Å². The number of nitrogens with zero attached hydrogens (tertiary/aromatic N) is 1. The van der Waals surface area contributed by atoms with Gasteiger partial charge in [0.15, 0.2) is 0 Å². The average Bonchev–Trinajstić information content (AvgIpc) is 3.12. The third kappa shape index (κ3) is 4.62. The van der Waals surface area contributed by atoms with E-state index in [1.165, 1.54) is 22.5 Å². The van der Waals surface area contributed by atoms with Gasteiger partial charge in [-0.2, -0.15) is 0 Å².